The minimum atomic E-state index is -0.372. The Morgan fingerprint density at radius 1 is 0.833 bits per heavy atom. The van der Waals surface area contributed by atoms with E-state index in [0.717, 1.165) is 21.4 Å². The first kappa shape index (κ1) is 18.8. The van der Waals surface area contributed by atoms with Crippen molar-refractivity contribution in [3.8, 4) is 22.8 Å². The molecule has 0 amide bonds. The molecule has 2 heterocycles. The van der Waals surface area contributed by atoms with E-state index in [9.17, 15) is 4.79 Å². The molecule has 0 fully saturated rings. The maximum absolute atomic E-state index is 12.9. The summed E-state index contributed by atoms with van der Waals surface area (Å²) >= 11 is 9.59. The highest BCUT2D eigenvalue weighted by atomic mass is 79.9. The molecule has 30 heavy (non-hydrogen) atoms. The molecule has 0 atom stereocenters. The van der Waals surface area contributed by atoms with E-state index in [2.05, 4.69) is 25.9 Å². The molecule has 3 aromatic carbocycles. The Kier molecular flexibility index (Phi) is 4.73. The Labute approximate surface area is 185 Å². The van der Waals surface area contributed by atoms with E-state index < -0.39 is 0 Å². The Morgan fingerprint density at radius 2 is 1.53 bits per heavy atom. The number of fused-ring (bicyclic) bond motifs is 1. The van der Waals surface area contributed by atoms with E-state index in [1.807, 2.05) is 88.0 Å². The van der Waals surface area contributed by atoms with Crippen LogP contribution in [0.3, 0.4) is 0 Å². The molecule has 0 saturated heterocycles. The quantitative estimate of drug-likeness (QED) is 0.337. The van der Waals surface area contributed by atoms with Gasteiger partial charge in [-0.05, 0) is 48.5 Å². The van der Waals surface area contributed by atoms with Gasteiger partial charge >= 0.3 is 5.56 Å². The third-order valence-electron chi connectivity index (χ3n) is 4.80. The molecular weight excluding hydrogens is 464 g/mol. The summed E-state index contributed by atoms with van der Waals surface area (Å²) in [6.45, 7) is 0. The molecule has 0 aliphatic carbocycles. The summed E-state index contributed by atoms with van der Waals surface area (Å²) in [6.07, 6.45) is 1.65. The van der Waals surface area contributed by atoms with E-state index in [0.29, 0.717) is 22.0 Å². The normalized spacial score (nSPS) is 11.1. The highest BCUT2D eigenvalue weighted by Crippen LogP contribution is 2.28. The topological polar surface area (TPSA) is 52.7 Å². The Balaban J connectivity index is 1.92. The van der Waals surface area contributed by atoms with Crippen molar-refractivity contribution in [2.45, 2.75) is 0 Å². The molecule has 7 heteroatoms. The molecule has 0 spiro atoms. The van der Waals surface area contributed by atoms with Gasteiger partial charge in [-0.1, -0.05) is 57.9 Å². The van der Waals surface area contributed by atoms with Crippen LogP contribution in [-0.2, 0) is 0 Å². The van der Waals surface area contributed by atoms with Crippen LogP contribution in [0.5, 0.6) is 0 Å². The van der Waals surface area contributed by atoms with Crippen molar-refractivity contribution < 1.29 is 0 Å². The Hall–Kier alpha value is -3.22. The van der Waals surface area contributed by atoms with Gasteiger partial charge in [0.15, 0.2) is 11.2 Å². The summed E-state index contributed by atoms with van der Waals surface area (Å²) < 4.78 is 4.79. The number of rotatable bonds is 3. The van der Waals surface area contributed by atoms with Crippen molar-refractivity contribution in [3.63, 3.8) is 0 Å². The predicted molar refractivity (Wildman–Crippen MR) is 123 cm³/mol. The average molecular weight is 478 g/mol. The smallest absolute Gasteiger partial charge is 0.284 e. The summed E-state index contributed by atoms with van der Waals surface area (Å²) in [7, 11) is 0. The molecule has 0 radical (unpaired) electrons. The molecule has 0 unspecified atom stereocenters. The lowest BCUT2D eigenvalue weighted by Gasteiger charge is -2.16. The molecule has 0 aliphatic heterocycles. The zero-order chi connectivity index (χ0) is 20.7. The summed E-state index contributed by atoms with van der Waals surface area (Å²) in [5, 5.41) is 0.630. The second-order valence-electron chi connectivity index (χ2n) is 6.68. The van der Waals surface area contributed by atoms with Gasteiger partial charge in [0.25, 0.3) is 0 Å². The molecule has 0 saturated carbocycles. The van der Waals surface area contributed by atoms with Crippen LogP contribution in [-0.4, -0.2) is 19.1 Å². The first-order chi connectivity index (χ1) is 14.6. The third-order valence-corrected chi connectivity index (χ3v) is 5.58. The molecule has 2 aromatic heterocycles. The van der Waals surface area contributed by atoms with E-state index >= 15 is 0 Å². The predicted octanol–water partition coefficient (Wildman–Crippen LogP) is 5.65. The number of hydrogen-bond donors (Lipinski definition) is 0. The van der Waals surface area contributed by atoms with Crippen LogP contribution >= 0.6 is 27.5 Å². The fraction of sp³-hybridized carbons (Fsp3) is 0. The third kappa shape index (κ3) is 3.24. The first-order valence-electron chi connectivity index (χ1n) is 9.19. The summed E-state index contributed by atoms with van der Waals surface area (Å²) in [4.78, 5) is 21.7. The maximum atomic E-state index is 12.9. The van der Waals surface area contributed by atoms with Crippen LogP contribution < -0.4 is 5.56 Å². The van der Waals surface area contributed by atoms with E-state index in [1.165, 1.54) is 0 Å². The van der Waals surface area contributed by atoms with Gasteiger partial charge in [0.05, 0.1) is 0 Å². The van der Waals surface area contributed by atoms with Crippen LogP contribution in [0.25, 0.3) is 33.9 Å². The number of hydrogen-bond acceptors (Lipinski definition) is 3. The molecule has 0 N–H and O–H groups in total. The number of imidazole rings is 1. The van der Waals surface area contributed by atoms with Gasteiger partial charge in [-0.25, -0.2) is 4.98 Å². The van der Waals surface area contributed by atoms with Gasteiger partial charge in [-0.15, -0.1) is 0 Å². The molecule has 0 bridgehead atoms. The van der Waals surface area contributed by atoms with E-state index in [1.54, 1.807) is 6.33 Å². The summed E-state index contributed by atoms with van der Waals surface area (Å²) in [5.74, 6) is 0.528. The lowest BCUT2D eigenvalue weighted by atomic mass is 10.2. The van der Waals surface area contributed by atoms with Gasteiger partial charge in [0.1, 0.15) is 12.2 Å². The van der Waals surface area contributed by atoms with Crippen molar-refractivity contribution in [2.75, 3.05) is 0 Å². The molecular formula is C23H14BrClN4O. The van der Waals surface area contributed by atoms with Crippen LogP contribution in [0.2, 0.25) is 5.02 Å². The zero-order valence-electron chi connectivity index (χ0n) is 15.5. The lowest BCUT2D eigenvalue weighted by Crippen LogP contribution is -2.17. The number of halogens is 2. The SMILES string of the molecule is O=c1nc(-c2ccc(Br)cc2)n(-c2ccc(Cl)cc2)c2c1ncn2-c1ccccc1. The standard InChI is InChI=1S/C23H14BrClN4O/c24-16-8-6-15(7-9-16)21-27-22(30)20-23(29(21)19-12-10-17(25)11-13-19)28(14-26-20)18-4-2-1-3-5-18/h1-14H. The minimum absolute atomic E-state index is 0.301. The maximum Gasteiger partial charge on any atom is 0.301 e. The fourth-order valence-electron chi connectivity index (χ4n) is 3.41. The van der Waals surface area contributed by atoms with Crippen molar-refractivity contribution in [3.05, 3.63) is 105 Å². The zero-order valence-corrected chi connectivity index (χ0v) is 17.9. The van der Waals surface area contributed by atoms with Crippen molar-refractivity contribution in [2.24, 2.45) is 0 Å². The Bertz CT molecular complexity index is 1410. The molecule has 5 rings (SSSR count). The van der Waals surface area contributed by atoms with Crippen LogP contribution in [0.1, 0.15) is 0 Å². The van der Waals surface area contributed by atoms with E-state index in [-0.39, 0.29) is 5.56 Å². The van der Waals surface area contributed by atoms with Gasteiger partial charge in [-0.3, -0.25) is 13.9 Å². The molecule has 5 nitrogen and oxygen atoms in total. The fourth-order valence-corrected chi connectivity index (χ4v) is 3.80. The first-order valence-corrected chi connectivity index (χ1v) is 10.4. The Morgan fingerprint density at radius 3 is 2.23 bits per heavy atom. The minimum Gasteiger partial charge on any atom is -0.284 e. The number of para-hydroxylation sites is 1. The monoisotopic (exact) mass is 476 g/mol. The second-order valence-corrected chi connectivity index (χ2v) is 8.03. The van der Waals surface area contributed by atoms with Gasteiger partial charge < -0.3 is 0 Å². The second kappa shape index (κ2) is 7.55. The highest BCUT2D eigenvalue weighted by Gasteiger charge is 2.19. The van der Waals surface area contributed by atoms with Crippen molar-refractivity contribution >= 4 is 38.7 Å². The van der Waals surface area contributed by atoms with Gasteiger partial charge in [0.2, 0.25) is 0 Å². The molecule has 146 valence electrons. The highest BCUT2D eigenvalue weighted by molar-refractivity contribution is 9.10. The van der Waals surface area contributed by atoms with Gasteiger partial charge in [0, 0.05) is 26.4 Å². The van der Waals surface area contributed by atoms with Crippen LogP contribution in [0.4, 0.5) is 0 Å². The lowest BCUT2D eigenvalue weighted by molar-refractivity contribution is 0.969. The van der Waals surface area contributed by atoms with Crippen molar-refractivity contribution in [1.29, 1.82) is 0 Å². The summed E-state index contributed by atoms with van der Waals surface area (Å²) in [5.41, 5.74) is 3.11. The number of benzene rings is 3. The van der Waals surface area contributed by atoms with Gasteiger partial charge in [-0.2, -0.15) is 4.98 Å². The van der Waals surface area contributed by atoms with Crippen LogP contribution in [0.15, 0.2) is 94.5 Å². The van der Waals surface area contributed by atoms with Crippen molar-refractivity contribution in [1.82, 2.24) is 19.1 Å². The van der Waals surface area contributed by atoms with E-state index in [4.69, 9.17) is 11.6 Å². The molecule has 5 aromatic rings. The average Bonchev–Trinajstić information content (AvgIpc) is 3.21. The van der Waals surface area contributed by atoms with Crippen LogP contribution in [0, 0.1) is 0 Å². The molecule has 0 aliphatic rings. The number of nitrogens with zero attached hydrogens (tertiary/aromatic N) is 4. The number of aromatic nitrogens is 4. The summed E-state index contributed by atoms with van der Waals surface area (Å²) in [6, 6.07) is 24.9. The largest absolute Gasteiger partial charge is 0.301 e.